The normalized spacial score (nSPS) is 12.4. The zero-order valence-corrected chi connectivity index (χ0v) is 17.6. The van der Waals surface area contributed by atoms with Crippen molar-refractivity contribution in [1.29, 1.82) is 5.26 Å². The molecule has 0 bridgehead atoms. The fourth-order valence-corrected chi connectivity index (χ4v) is 3.71. The van der Waals surface area contributed by atoms with Crippen LogP contribution in [-0.4, -0.2) is 37.3 Å². The summed E-state index contributed by atoms with van der Waals surface area (Å²) >= 11 is 0.991. The van der Waals surface area contributed by atoms with E-state index < -0.39 is 18.1 Å². The molecule has 2 aromatic rings. The maximum atomic E-state index is 12.8. The number of rotatable bonds is 10. The van der Waals surface area contributed by atoms with Crippen molar-refractivity contribution in [3.8, 4) is 11.8 Å². The molecule has 7 nitrogen and oxygen atoms in total. The van der Waals surface area contributed by atoms with Crippen molar-refractivity contribution < 1.29 is 23.0 Å². The molecule has 10 heteroatoms. The van der Waals surface area contributed by atoms with Gasteiger partial charge < -0.3 is 14.8 Å². The zero-order valence-electron chi connectivity index (χ0n) is 16.8. The molecule has 1 aromatic heterocycles. The number of nitrogens with one attached hydrogen (secondary N) is 1. The summed E-state index contributed by atoms with van der Waals surface area (Å²) in [6, 6.07) is 7.63. The summed E-state index contributed by atoms with van der Waals surface area (Å²) in [5.41, 5.74) is -0.00534. The van der Waals surface area contributed by atoms with E-state index in [1.54, 1.807) is 13.2 Å². The molecule has 0 spiro atoms. The molecule has 0 saturated heterocycles. The van der Waals surface area contributed by atoms with Crippen molar-refractivity contribution in [2.45, 2.75) is 19.6 Å². The van der Waals surface area contributed by atoms with Crippen LogP contribution in [0.15, 0.2) is 41.7 Å². The Bertz CT molecular complexity index is 1130. The highest BCUT2D eigenvalue weighted by atomic mass is 32.1. The van der Waals surface area contributed by atoms with E-state index in [9.17, 15) is 23.6 Å². The van der Waals surface area contributed by atoms with E-state index in [0.29, 0.717) is 25.1 Å². The van der Waals surface area contributed by atoms with E-state index in [4.69, 9.17) is 4.74 Å². The van der Waals surface area contributed by atoms with Crippen LogP contribution in [0.25, 0.3) is 11.6 Å². The van der Waals surface area contributed by atoms with E-state index >= 15 is 0 Å². The number of ether oxygens (including phenoxy) is 2. The minimum atomic E-state index is -2.93. The standard InChI is InChI=1S/C21H21F2N3O4S/c1-3-10-26-19(28)17(12-14-5-7-15(8-6-14)30-21(22)23)31-20(26)16(13-24)18(27)25-9-4-11-29-2/h3,5-8,12,21H,1,4,9-11H2,2H3,(H,25,27)/b17-12+,20-16+. The lowest BCUT2D eigenvalue weighted by Crippen LogP contribution is -2.35. The van der Waals surface area contributed by atoms with Crippen molar-refractivity contribution >= 4 is 28.9 Å². The van der Waals surface area contributed by atoms with E-state index in [2.05, 4.69) is 16.6 Å². The summed E-state index contributed by atoms with van der Waals surface area (Å²) in [5, 5.41) is 12.2. The third kappa shape index (κ3) is 6.60. The molecule has 2 rings (SSSR count). The average molecular weight is 449 g/mol. The molecule has 164 valence electrons. The first kappa shape index (κ1) is 24.0. The maximum absolute atomic E-state index is 12.8. The minimum Gasteiger partial charge on any atom is -0.435 e. The molecule has 0 saturated carbocycles. The van der Waals surface area contributed by atoms with Crippen molar-refractivity contribution in [2.24, 2.45) is 0 Å². The highest BCUT2D eigenvalue weighted by molar-refractivity contribution is 7.07. The Labute approximate surface area is 181 Å². The lowest BCUT2D eigenvalue weighted by Gasteiger charge is -2.04. The van der Waals surface area contributed by atoms with Gasteiger partial charge in [-0.1, -0.05) is 18.2 Å². The Morgan fingerprint density at radius 1 is 1.39 bits per heavy atom. The van der Waals surface area contributed by atoms with Gasteiger partial charge >= 0.3 is 6.61 Å². The number of nitrogens with zero attached hydrogens (tertiary/aromatic N) is 2. The zero-order chi connectivity index (χ0) is 22.8. The number of aromatic nitrogens is 1. The van der Waals surface area contributed by atoms with Gasteiger partial charge in [0.05, 0.1) is 4.53 Å². The second-order valence-electron chi connectivity index (χ2n) is 6.16. The van der Waals surface area contributed by atoms with Crippen molar-refractivity contribution in [3.63, 3.8) is 0 Å². The Morgan fingerprint density at radius 3 is 2.68 bits per heavy atom. The number of thiazole rings is 1. The highest BCUT2D eigenvalue weighted by Crippen LogP contribution is 2.15. The van der Waals surface area contributed by atoms with Crippen LogP contribution in [0, 0.1) is 11.3 Å². The third-order valence-electron chi connectivity index (χ3n) is 3.99. The quantitative estimate of drug-likeness (QED) is 0.437. The summed E-state index contributed by atoms with van der Waals surface area (Å²) < 4.78 is 35.6. The first-order valence-electron chi connectivity index (χ1n) is 9.20. The summed E-state index contributed by atoms with van der Waals surface area (Å²) in [4.78, 5) is 25.3. The lowest BCUT2D eigenvalue weighted by molar-refractivity contribution is -0.115. The molecule has 1 aromatic carbocycles. The number of carbonyl (C=O) groups is 1. The van der Waals surface area contributed by atoms with Gasteiger partial charge in [0, 0.05) is 26.8 Å². The predicted octanol–water partition coefficient (Wildman–Crippen LogP) is 1.35. The summed E-state index contributed by atoms with van der Waals surface area (Å²) in [6.07, 6.45) is 3.62. The number of alkyl halides is 2. The van der Waals surface area contributed by atoms with Gasteiger partial charge in [-0.3, -0.25) is 14.2 Å². The predicted molar refractivity (Wildman–Crippen MR) is 113 cm³/mol. The number of hydrogen-bond donors (Lipinski definition) is 1. The molecule has 0 aliphatic heterocycles. The van der Waals surface area contributed by atoms with Crippen LogP contribution >= 0.6 is 11.3 Å². The van der Waals surface area contributed by atoms with E-state index in [0.717, 1.165) is 11.3 Å². The van der Waals surface area contributed by atoms with Crippen LogP contribution in [0.4, 0.5) is 8.78 Å². The van der Waals surface area contributed by atoms with Gasteiger partial charge in [0.25, 0.3) is 11.5 Å². The monoisotopic (exact) mass is 449 g/mol. The number of amides is 1. The van der Waals surface area contributed by atoms with Gasteiger partial charge in [0.1, 0.15) is 16.5 Å². The second-order valence-corrected chi connectivity index (χ2v) is 7.19. The summed E-state index contributed by atoms with van der Waals surface area (Å²) in [6.45, 7) is 1.58. The van der Waals surface area contributed by atoms with Crippen LogP contribution in [0.2, 0.25) is 0 Å². The highest BCUT2D eigenvalue weighted by Gasteiger charge is 2.15. The maximum Gasteiger partial charge on any atom is 0.387 e. The molecule has 0 aliphatic carbocycles. The van der Waals surface area contributed by atoms with Crippen LogP contribution in [0.5, 0.6) is 5.75 Å². The molecule has 0 unspecified atom stereocenters. The molecule has 1 amide bonds. The largest absolute Gasteiger partial charge is 0.435 e. The molecule has 0 radical (unpaired) electrons. The van der Waals surface area contributed by atoms with Crippen molar-refractivity contribution in [2.75, 3.05) is 20.3 Å². The third-order valence-corrected chi connectivity index (χ3v) is 5.12. The van der Waals surface area contributed by atoms with Crippen LogP contribution in [0.3, 0.4) is 0 Å². The van der Waals surface area contributed by atoms with Gasteiger partial charge in [-0.05, 0) is 30.2 Å². The topological polar surface area (TPSA) is 93.4 Å². The van der Waals surface area contributed by atoms with Gasteiger partial charge in [0.15, 0.2) is 5.57 Å². The number of carbonyl (C=O) groups excluding carboxylic acids is 1. The molecule has 1 heterocycles. The molecule has 0 fully saturated rings. The van der Waals surface area contributed by atoms with Crippen LogP contribution < -0.4 is 24.8 Å². The number of benzene rings is 1. The summed E-state index contributed by atoms with van der Waals surface area (Å²) in [7, 11) is 1.55. The number of nitriles is 1. The van der Waals surface area contributed by atoms with Crippen LogP contribution in [-0.2, 0) is 16.1 Å². The minimum absolute atomic E-state index is 0.00617. The summed E-state index contributed by atoms with van der Waals surface area (Å²) in [5.74, 6) is -0.592. The molecule has 0 aliphatic rings. The van der Waals surface area contributed by atoms with Crippen LogP contribution in [0.1, 0.15) is 12.0 Å². The van der Waals surface area contributed by atoms with Crippen molar-refractivity contribution in [1.82, 2.24) is 9.88 Å². The van der Waals surface area contributed by atoms with Gasteiger partial charge in [-0.25, -0.2) is 0 Å². The second kappa shape index (κ2) is 11.8. The molecule has 1 N–H and O–H groups in total. The molecular formula is C21H21F2N3O4S. The smallest absolute Gasteiger partial charge is 0.387 e. The SMILES string of the molecule is C=CCn1c(=O)/c(=C\c2ccc(OC(F)F)cc2)s/c1=C(\C#N)C(=O)NCCCOC. The molecular weight excluding hydrogens is 428 g/mol. The van der Waals surface area contributed by atoms with Gasteiger partial charge in [-0.15, -0.1) is 17.9 Å². The number of hydrogen-bond acceptors (Lipinski definition) is 6. The Morgan fingerprint density at radius 2 is 2.10 bits per heavy atom. The van der Waals surface area contributed by atoms with Gasteiger partial charge in [0.2, 0.25) is 0 Å². The number of methoxy groups -OCH3 is 1. The lowest BCUT2D eigenvalue weighted by atomic mass is 10.2. The number of halogens is 2. The van der Waals surface area contributed by atoms with E-state index in [1.807, 2.05) is 6.07 Å². The Balaban J connectivity index is 2.49. The van der Waals surface area contributed by atoms with E-state index in [1.165, 1.54) is 34.9 Å². The van der Waals surface area contributed by atoms with E-state index in [-0.39, 0.29) is 27.1 Å². The van der Waals surface area contributed by atoms with Gasteiger partial charge in [-0.2, -0.15) is 14.0 Å². The fraction of sp³-hybridized carbons (Fsp3) is 0.286. The average Bonchev–Trinajstić information content (AvgIpc) is 3.03. The molecule has 0 atom stereocenters. The van der Waals surface area contributed by atoms with Crippen molar-refractivity contribution in [3.05, 3.63) is 62.0 Å². The number of allylic oxidation sites excluding steroid dienone is 1. The Kier molecular flexibility index (Phi) is 9.12. The first-order valence-corrected chi connectivity index (χ1v) is 10.0. The fourth-order valence-electron chi connectivity index (χ4n) is 2.60. The Hall–Kier alpha value is -3.29. The first-order chi connectivity index (χ1) is 14.9. The molecule has 31 heavy (non-hydrogen) atoms.